The number of halogens is 1. The van der Waals surface area contributed by atoms with Gasteiger partial charge in [-0.2, -0.15) is 0 Å². The summed E-state index contributed by atoms with van der Waals surface area (Å²) in [7, 11) is 0. The highest BCUT2D eigenvalue weighted by atomic mass is 35.5. The van der Waals surface area contributed by atoms with Crippen LogP contribution in [0.2, 0.25) is 5.15 Å². The number of hydrogen-bond donors (Lipinski definition) is 1. The van der Waals surface area contributed by atoms with E-state index in [4.69, 9.17) is 11.6 Å². The molecule has 2 heterocycles. The minimum Gasteiger partial charge on any atom is -0.342 e. The maximum absolute atomic E-state index is 11.9. The third kappa shape index (κ3) is 3.02. The molecule has 0 aromatic carbocycles. The molecule has 1 amide bonds. The van der Waals surface area contributed by atoms with E-state index < -0.39 is 0 Å². The smallest absolute Gasteiger partial charge is 0.272 e. The van der Waals surface area contributed by atoms with Gasteiger partial charge in [0.25, 0.3) is 5.91 Å². The summed E-state index contributed by atoms with van der Waals surface area (Å²) in [6.45, 7) is 3.78. The number of nitrogens with zero attached hydrogens (tertiary/aromatic N) is 3. The first-order valence-electron chi connectivity index (χ1n) is 5.26. The van der Waals surface area contributed by atoms with Crippen LogP contribution in [0.5, 0.6) is 0 Å². The van der Waals surface area contributed by atoms with E-state index in [0.29, 0.717) is 0 Å². The van der Waals surface area contributed by atoms with Crippen molar-refractivity contribution >= 4 is 28.8 Å². The Bertz CT molecular complexity index is 572. The topological polar surface area (TPSA) is 67.8 Å². The molecule has 0 fully saturated rings. The third-order valence-electron chi connectivity index (χ3n) is 2.19. The fourth-order valence-electron chi connectivity index (χ4n) is 1.35. The van der Waals surface area contributed by atoms with Crippen LogP contribution in [0.15, 0.2) is 17.8 Å². The maximum Gasteiger partial charge on any atom is 0.272 e. The van der Waals surface area contributed by atoms with Gasteiger partial charge in [-0.3, -0.25) is 9.78 Å². The molecule has 0 saturated heterocycles. The van der Waals surface area contributed by atoms with E-state index in [0.717, 1.165) is 10.7 Å². The minimum absolute atomic E-state index is 0.169. The van der Waals surface area contributed by atoms with Gasteiger partial charge in [0.05, 0.1) is 18.4 Å². The first-order chi connectivity index (χ1) is 8.56. The zero-order valence-corrected chi connectivity index (χ0v) is 11.4. The molecule has 0 aliphatic carbocycles. The van der Waals surface area contributed by atoms with Crippen LogP contribution in [0, 0.1) is 6.92 Å². The Balaban J connectivity index is 2.08. The van der Waals surface area contributed by atoms with E-state index in [1.54, 1.807) is 0 Å². The summed E-state index contributed by atoms with van der Waals surface area (Å²) in [4.78, 5) is 23.9. The number of rotatable bonds is 3. The van der Waals surface area contributed by atoms with E-state index in [2.05, 4.69) is 20.3 Å². The van der Waals surface area contributed by atoms with Gasteiger partial charge in [0, 0.05) is 11.1 Å². The van der Waals surface area contributed by atoms with Gasteiger partial charge in [0.15, 0.2) is 0 Å². The van der Waals surface area contributed by atoms with E-state index >= 15 is 0 Å². The lowest BCUT2D eigenvalue weighted by molar-refractivity contribution is 0.0934. The number of nitrogens with one attached hydrogen (secondary N) is 1. The van der Waals surface area contributed by atoms with Crippen LogP contribution in [0.3, 0.4) is 0 Å². The molecule has 0 aliphatic heterocycles. The highest BCUT2D eigenvalue weighted by Crippen LogP contribution is 2.17. The number of thiazole rings is 1. The molecule has 1 unspecified atom stereocenters. The number of hydrogen-bond acceptors (Lipinski definition) is 5. The van der Waals surface area contributed by atoms with Crippen LogP contribution >= 0.6 is 22.9 Å². The van der Waals surface area contributed by atoms with Gasteiger partial charge in [-0.05, 0) is 13.8 Å². The van der Waals surface area contributed by atoms with E-state index in [9.17, 15) is 4.79 Å². The van der Waals surface area contributed by atoms with Crippen molar-refractivity contribution in [3.63, 3.8) is 0 Å². The summed E-state index contributed by atoms with van der Waals surface area (Å²) in [6.07, 6.45) is 2.76. The first-order valence-corrected chi connectivity index (χ1v) is 6.52. The lowest BCUT2D eigenvalue weighted by Gasteiger charge is -2.10. The lowest BCUT2D eigenvalue weighted by atomic mass is 10.3. The van der Waals surface area contributed by atoms with Crippen molar-refractivity contribution in [2.75, 3.05) is 0 Å². The Kier molecular flexibility index (Phi) is 3.88. The fraction of sp³-hybridized carbons (Fsp3) is 0.273. The molecular weight excluding hydrogens is 272 g/mol. The standard InChI is InChI=1S/C11H11ClN4OS/c1-6-5-18-11(14-6)7(2)15-10(17)8-3-13-4-9(12)16-8/h3-5,7H,1-2H3,(H,15,17). The van der Waals surface area contributed by atoms with Crippen molar-refractivity contribution in [3.05, 3.63) is 39.3 Å². The zero-order valence-electron chi connectivity index (χ0n) is 9.85. The average Bonchev–Trinajstić information content (AvgIpc) is 2.76. The van der Waals surface area contributed by atoms with Gasteiger partial charge in [-0.1, -0.05) is 11.6 Å². The molecule has 5 nitrogen and oxygen atoms in total. The van der Waals surface area contributed by atoms with Crippen molar-refractivity contribution in [3.8, 4) is 0 Å². The predicted octanol–water partition coefficient (Wildman–Crippen LogP) is 2.39. The minimum atomic E-state index is -0.314. The Morgan fingerprint density at radius 3 is 2.83 bits per heavy atom. The second-order valence-electron chi connectivity index (χ2n) is 3.75. The molecular formula is C11H11ClN4OS. The van der Waals surface area contributed by atoms with Gasteiger partial charge < -0.3 is 5.32 Å². The van der Waals surface area contributed by atoms with Crippen LogP contribution < -0.4 is 5.32 Å². The van der Waals surface area contributed by atoms with Gasteiger partial charge in [0.1, 0.15) is 15.9 Å². The maximum atomic E-state index is 11.9. The van der Waals surface area contributed by atoms with Gasteiger partial charge in [-0.15, -0.1) is 11.3 Å². The molecule has 0 radical (unpaired) electrons. The highest BCUT2D eigenvalue weighted by molar-refractivity contribution is 7.09. The Morgan fingerprint density at radius 1 is 1.44 bits per heavy atom. The van der Waals surface area contributed by atoms with E-state index in [1.165, 1.54) is 23.7 Å². The molecule has 18 heavy (non-hydrogen) atoms. The summed E-state index contributed by atoms with van der Waals surface area (Å²) >= 11 is 7.19. The number of carbonyl (C=O) groups excluding carboxylic acids is 1. The van der Waals surface area contributed by atoms with Crippen LogP contribution in [-0.4, -0.2) is 20.9 Å². The van der Waals surface area contributed by atoms with Crippen molar-refractivity contribution in [2.24, 2.45) is 0 Å². The molecule has 2 rings (SSSR count). The zero-order chi connectivity index (χ0) is 13.1. The van der Waals surface area contributed by atoms with Crippen LogP contribution in [0.1, 0.15) is 34.2 Å². The van der Waals surface area contributed by atoms with Crippen LogP contribution in [-0.2, 0) is 0 Å². The SMILES string of the molecule is Cc1csc(C(C)NC(=O)c2cncc(Cl)n2)n1. The molecule has 94 valence electrons. The Morgan fingerprint density at radius 2 is 2.22 bits per heavy atom. The summed E-state index contributed by atoms with van der Waals surface area (Å²) in [6, 6.07) is -0.169. The first kappa shape index (κ1) is 12.9. The average molecular weight is 283 g/mol. The summed E-state index contributed by atoms with van der Waals surface area (Å²) in [5, 5.41) is 5.79. The van der Waals surface area contributed by atoms with Crippen molar-refractivity contribution in [2.45, 2.75) is 19.9 Å². The summed E-state index contributed by atoms with van der Waals surface area (Å²) in [5.74, 6) is -0.314. The quantitative estimate of drug-likeness (QED) is 0.938. The molecule has 0 aliphatic rings. The molecule has 2 aromatic rings. The van der Waals surface area contributed by atoms with Crippen molar-refractivity contribution in [1.29, 1.82) is 0 Å². The molecule has 0 spiro atoms. The molecule has 7 heteroatoms. The summed E-state index contributed by atoms with van der Waals surface area (Å²) < 4.78 is 0. The van der Waals surface area contributed by atoms with Crippen molar-refractivity contribution < 1.29 is 4.79 Å². The highest BCUT2D eigenvalue weighted by Gasteiger charge is 2.15. The molecule has 1 N–H and O–H groups in total. The molecule has 2 aromatic heterocycles. The Hall–Kier alpha value is -1.53. The molecule has 0 saturated carbocycles. The Labute approximate surface area is 113 Å². The second-order valence-corrected chi connectivity index (χ2v) is 5.03. The molecule has 0 bridgehead atoms. The van der Waals surface area contributed by atoms with E-state index in [1.807, 2.05) is 19.2 Å². The lowest BCUT2D eigenvalue weighted by Crippen LogP contribution is -2.27. The van der Waals surface area contributed by atoms with Gasteiger partial charge in [-0.25, -0.2) is 9.97 Å². The third-order valence-corrected chi connectivity index (χ3v) is 3.52. The van der Waals surface area contributed by atoms with Gasteiger partial charge in [0.2, 0.25) is 0 Å². The number of aromatic nitrogens is 3. The largest absolute Gasteiger partial charge is 0.342 e. The van der Waals surface area contributed by atoms with Crippen LogP contribution in [0.25, 0.3) is 0 Å². The van der Waals surface area contributed by atoms with E-state index in [-0.39, 0.29) is 22.8 Å². The normalized spacial score (nSPS) is 12.2. The van der Waals surface area contributed by atoms with Crippen molar-refractivity contribution in [1.82, 2.24) is 20.3 Å². The number of amides is 1. The number of aryl methyl sites for hydroxylation is 1. The monoisotopic (exact) mass is 282 g/mol. The number of carbonyl (C=O) groups is 1. The second kappa shape index (κ2) is 5.41. The van der Waals surface area contributed by atoms with Crippen LogP contribution in [0.4, 0.5) is 0 Å². The summed E-state index contributed by atoms with van der Waals surface area (Å²) in [5.41, 5.74) is 1.14. The molecule has 1 atom stereocenters. The predicted molar refractivity (Wildman–Crippen MR) is 69.8 cm³/mol. The van der Waals surface area contributed by atoms with Gasteiger partial charge >= 0.3 is 0 Å². The fourth-order valence-corrected chi connectivity index (χ4v) is 2.31.